The van der Waals surface area contributed by atoms with Gasteiger partial charge in [0.25, 0.3) is 11.7 Å². The fraction of sp³-hybridized carbons (Fsp3) is 0.167. The molecule has 164 valence electrons. The van der Waals surface area contributed by atoms with Crippen molar-refractivity contribution in [3.8, 4) is 17.2 Å². The fourth-order valence-electron chi connectivity index (χ4n) is 3.73. The van der Waals surface area contributed by atoms with Crippen LogP contribution < -0.4 is 9.47 Å². The van der Waals surface area contributed by atoms with Crippen molar-refractivity contribution in [2.45, 2.75) is 12.6 Å². The summed E-state index contributed by atoms with van der Waals surface area (Å²) in [6.45, 7) is 0.0187. The molecule has 4 rings (SSSR count). The summed E-state index contributed by atoms with van der Waals surface area (Å²) in [6.07, 6.45) is 1.47. The quantitative estimate of drug-likeness (QED) is 0.346. The van der Waals surface area contributed by atoms with E-state index in [1.807, 2.05) is 0 Å². The summed E-state index contributed by atoms with van der Waals surface area (Å²) in [6, 6.07) is 13.5. The van der Waals surface area contributed by atoms with Crippen LogP contribution in [0.2, 0.25) is 0 Å². The van der Waals surface area contributed by atoms with Gasteiger partial charge in [0.05, 0.1) is 38.6 Å². The summed E-state index contributed by atoms with van der Waals surface area (Å²) in [7, 11) is 2.92. The van der Waals surface area contributed by atoms with Gasteiger partial charge in [-0.1, -0.05) is 6.07 Å². The Balaban J connectivity index is 1.87. The average Bonchev–Trinajstić information content (AvgIpc) is 3.41. The zero-order chi connectivity index (χ0) is 22.8. The molecule has 0 spiro atoms. The van der Waals surface area contributed by atoms with Gasteiger partial charge in [-0.25, -0.2) is 0 Å². The summed E-state index contributed by atoms with van der Waals surface area (Å²) in [5, 5.41) is 21.1. The van der Waals surface area contributed by atoms with E-state index in [1.54, 1.807) is 42.5 Å². The Labute approximate surface area is 183 Å². The molecule has 1 aliphatic rings. The number of phenolic OH excluding ortho intramolecular Hbond substituents is 1. The van der Waals surface area contributed by atoms with Crippen LogP contribution in [0.15, 0.2) is 70.9 Å². The number of likely N-dealkylation sites (tertiary alicyclic amines) is 1. The van der Waals surface area contributed by atoms with E-state index in [0.717, 1.165) is 0 Å². The number of ketones is 1. The maximum absolute atomic E-state index is 13.0. The molecule has 0 bridgehead atoms. The summed E-state index contributed by atoms with van der Waals surface area (Å²) >= 11 is 0. The van der Waals surface area contributed by atoms with Crippen LogP contribution in [0.4, 0.5) is 0 Å². The molecule has 1 amide bonds. The number of aromatic hydroxyl groups is 1. The topological polar surface area (TPSA) is 109 Å². The van der Waals surface area contributed by atoms with Crippen LogP contribution >= 0.6 is 0 Å². The van der Waals surface area contributed by atoms with E-state index in [1.165, 1.54) is 37.5 Å². The van der Waals surface area contributed by atoms with E-state index in [2.05, 4.69) is 0 Å². The van der Waals surface area contributed by atoms with Gasteiger partial charge in [-0.2, -0.15) is 0 Å². The molecule has 8 nitrogen and oxygen atoms in total. The lowest BCUT2D eigenvalue weighted by Crippen LogP contribution is -2.29. The molecular formula is C24H21NO7. The van der Waals surface area contributed by atoms with Gasteiger partial charge < -0.3 is 29.0 Å². The van der Waals surface area contributed by atoms with Gasteiger partial charge in [0.1, 0.15) is 17.3 Å². The number of amides is 1. The van der Waals surface area contributed by atoms with Crippen LogP contribution in [0, 0.1) is 0 Å². The summed E-state index contributed by atoms with van der Waals surface area (Å²) < 4.78 is 15.7. The Hall–Kier alpha value is -4.20. The molecule has 1 unspecified atom stereocenters. The normalized spacial score (nSPS) is 17.6. The first-order valence-electron chi connectivity index (χ1n) is 9.76. The number of carbonyl (C=O) groups excluding carboxylic acids is 2. The minimum atomic E-state index is -0.920. The number of rotatable bonds is 6. The number of aliphatic hydroxyl groups is 1. The summed E-state index contributed by atoms with van der Waals surface area (Å²) in [5.41, 5.74) is 0.775. The van der Waals surface area contributed by atoms with Crippen molar-refractivity contribution in [3.05, 3.63) is 83.3 Å². The van der Waals surface area contributed by atoms with Gasteiger partial charge in [-0.15, -0.1) is 0 Å². The van der Waals surface area contributed by atoms with Gasteiger partial charge in [-0.05, 0) is 54.1 Å². The van der Waals surface area contributed by atoms with Crippen molar-refractivity contribution in [1.29, 1.82) is 0 Å². The Kier molecular flexibility index (Phi) is 5.59. The molecule has 2 aromatic carbocycles. The van der Waals surface area contributed by atoms with Crippen LogP contribution in [0.5, 0.6) is 17.2 Å². The highest BCUT2D eigenvalue weighted by Gasteiger charge is 2.46. The van der Waals surface area contributed by atoms with E-state index in [4.69, 9.17) is 13.9 Å². The van der Waals surface area contributed by atoms with E-state index in [-0.39, 0.29) is 29.4 Å². The summed E-state index contributed by atoms with van der Waals surface area (Å²) in [4.78, 5) is 27.3. The number of Topliss-reactive ketones (excluding diaryl/α,β-unsaturated/α-hetero) is 1. The van der Waals surface area contributed by atoms with E-state index >= 15 is 0 Å². The first-order chi connectivity index (χ1) is 15.4. The van der Waals surface area contributed by atoms with Gasteiger partial charge in [-0.3, -0.25) is 9.59 Å². The van der Waals surface area contributed by atoms with Crippen molar-refractivity contribution in [1.82, 2.24) is 4.90 Å². The van der Waals surface area contributed by atoms with Crippen LogP contribution in [0.3, 0.4) is 0 Å². The van der Waals surface area contributed by atoms with Crippen LogP contribution in [-0.4, -0.2) is 41.0 Å². The predicted molar refractivity (Wildman–Crippen MR) is 114 cm³/mol. The monoisotopic (exact) mass is 435 g/mol. The Morgan fingerprint density at radius 1 is 1.06 bits per heavy atom. The zero-order valence-corrected chi connectivity index (χ0v) is 17.4. The number of ether oxygens (including phenoxy) is 2. The third-order valence-electron chi connectivity index (χ3n) is 5.33. The van der Waals surface area contributed by atoms with Crippen LogP contribution in [0.1, 0.15) is 22.9 Å². The van der Waals surface area contributed by atoms with Crippen molar-refractivity contribution >= 4 is 17.4 Å². The molecule has 1 saturated heterocycles. The third kappa shape index (κ3) is 3.66. The van der Waals surface area contributed by atoms with E-state index in [0.29, 0.717) is 22.6 Å². The highest BCUT2D eigenvalue weighted by molar-refractivity contribution is 6.46. The van der Waals surface area contributed by atoms with E-state index < -0.39 is 17.7 Å². The molecule has 8 heteroatoms. The summed E-state index contributed by atoms with van der Waals surface area (Å²) in [5.74, 6) is -0.753. The highest BCUT2D eigenvalue weighted by atomic mass is 16.5. The molecular weight excluding hydrogens is 414 g/mol. The smallest absolute Gasteiger partial charge is 0.296 e. The Morgan fingerprint density at radius 3 is 2.44 bits per heavy atom. The minimum Gasteiger partial charge on any atom is -0.507 e. The molecule has 1 aromatic heterocycles. The number of aliphatic hydroxyl groups excluding tert-OH is 1. The molecule has 0 aliphatic carbocycles. The second-order valence-electron chi connectivity index (χ2n) is 7.17. The minimum absolute atomic E-state index is 0.0187. The maximum Gasteiger partial charge on any atom is 0.296 e. The maximum atomic E-state index is 13.0. The van der Waals surface area contributed by atoms with Gasteiger partial charge in [0.2, 0.25) is 0 Å². The highest BCUT2D eigenvalue weighted by Crippen LogP contribution is 2.42. The third-order valence-corrected chi connectivity index (χ3v) is 5.33. The van der Waals surface area contributed by atoms with Crippen molar-refractivity contribution in [2.75, 3.05) is 14.2 Å². The molecule has 0 radical (unpaired) electrons. The molecule has 1 fully saturated rings. The predicted octanol–water partition coefficient (Wildman–Crippen LogP) is 3.62. The number of phenols is 1. The molecule has 2 N–H and O–H groups in total. The first-order valence-corrected chi connectivity index (χ1v) is 9.76. The zero-order valence-electron chi connectivity index (χ0n) is 17.4. The lowest BCUT2D eigenvalue weighted by Gasteiger charge is -2.25. The second kappa shape index (κ2) is 8.50. The lowest BCUT2D eigenvalue weighted by molar-refractivity contribution is -0.140. The first kappa shape index (κ1) is 21.0. The van der Waals surface area contributed by atoms with Gasteiger partial charge in [0.15, 0.2) is 11.5 Å². The molecule has 2 heterocycles. The number of methoxy groups -OCH3 is 2. The molecule has 32 heavy (non-hydrogen) atoms. The fourth-order valence-corrected chi connectivity index (χ4v) is 3.73. The van der Waals surface area contributed by atoms with Gasteiger partial charge >= 0.3 is 0 Å². The van der Waals surface area contributed by atoms with Gasteiger partial charge in [0, 0.05) is 5.56 Å². The number of hydrogen-bond acceptors (Lipinski definition) is 7. The molecule has 3 aromatic rings. The number of hydrogen-bond donors (Lipinski definition) is 2. The number of furan rings is 1. The molecule has 0 saturated carbocycles. The van der Waals surface area contributed by atoms with Crippen LogP contribution in [0.25, 0.3) is 5.76 Å². The average molecular weight is 435 g/mol. The van der Waals surface area contributed by atoms with Crippen molar-refractivity contribution in [3.63, 3.8) is 0 Å². The Morgan fingerprint density at radius 2 is 1.81 bits per heavy atom. The van der Waals surface area contributed by atoms with Crippen molar-refractivity contribution in [2.24, 2.45) is 0 Å². The number of benzene rings is 2. The van der Waals surface area contributed by atoms with Crippen LogP contribution in [-0.2, 0) is 16.1 Å². The van der Waals surface area contributed by atoms with E-state index in [9.17, 15) is 19.8 Å². The standard InChI is InChI=1S/C24H21NO7/c1-30-16-8-5-14(6-9-16)22(27)20-21(15-7-10-18(26)19(12-15)31-2)25(24(29)23(20)28)13-17-4-3-11-32-17/h3-12,21,26-27H,13H2,1-2H3/b22-20-. The molecule has 1 aliphatic heterocycles. The molecule has 1 atom stereocenters. The largest absolute Gasteiger partial charge is 0.507 e. The number of carbonyl (C=O) groups is 2. The van der Waals surface area contributed by atoms with Crippen molar-refractivity contribution < 1.29 is 33.7 Å². The lowest BCUT2D eigenvalue weighted by atomic mass is 9.95. The Bertz CT molecular complexity index is 1180. The second-order valence-corrected chi connectivity index (χ2v) is 7.17. The SMILES string of the molecule is COc1ccc(/C(O)=C2/C(=O)C(=O)N(Cc3ccco3)C2c2ccc(O)c(OC)c2)cc1. The number of nitrogens with zero attached hydrogens (tertiary/aromatic N) is 1.